The fraction of sp³-hybridized carbons (Fsp3) is 0.300. The van der Waals surface area contributed by atoms with Crippen LogP contribution in [-0.2, 0) is 4.79 Å². The molecular weight excluding hydrogens is 390 g/mol. The molecule has 2 nitrogen and oxygen atoms in total. The first-order chi connectivity index (χ1) is 15.4. The summed E-state index contributed by atoms with van der Waals surface area (Å²) in [7, 11) is 1.95. The molecule has 0 saturated heterocycles. The summed E-state index contributed by atoms with van der Waals surface area (Å²) in [5.74, 6) is 0.255. The smallest absolute Gasteiger partial charge is 0.226 e. The number of amides is 1. The van der Waals surface area contributed by atoms with Crippen LogP contribution in [0.25, 0.3) is 11.1 Å². The van der Waals surface area contributed by atoms with E-state index >= 15 is 0 Å². The molecule has 4 rings (SSSR count). The molecule has 0 aromatic heterocycles. The van der Waals surface area contributed by atoms with Gasteiger partial charge in [-0.2, -0.15) is 0 Å². The summed E-state index contributed by atoms with van der Waals surface area (Å²) in [5.41, 5.74) is 8.92. The number of aryl methyl sites for hydroxylation is 2. The number of allylic oxidation sites excluding steroid dienone is 2. The number of rotatable bonds is 5. The topological polar surface area (TPSA) is 20.3 Å². The lowest BCUT2D eigenvalue weighted by molar-refractivity contribution is -0.136. The van der Waals surface area contributed by atoms with Gasteiger partial charge in [-0.25, -0.2) is 0 Å². The molecular formula is C30H33NO. The van der Waals surface area contributed by atoms with Crippen LogP contribution in [-0.4, -0.2) is 17.9 Å². The molecule has 0 heterocycles. The molecule has 2 unspecified atom stereocenters. The largest absolute Gasteiger partial charge is 0.339 e. The first-order valence-corrected chi connectivity index (χ1v) is 11.6. The van der Waals surface area contributed by atoms with Crippen LogP contribution in [0.3, 0.4) is 0 Å². The molecule has 3 aromatic rings. The second-order valence-electron chi connectivity index (χ2n) is 9.16. The molecule has 164 valence electrons. The van der Waals surface area contributed by atoms with Gasteiger partial charge in [0.1, 0.15) is 0 Å². The monoisotopic (exact) mass is 423 g/mol. The van der Waals surface area contributed by atoms with Gasteiger partial charge in [0.2, 0.25) is 5.91 Å². The Hall–Kier alpha value is -3.13. The maximum Gasteiger partial charge on any atom is 0.226 e. The fourth-order valence-corrected chi connectivity index (χ4v) is 4.71. The zero-order valence-electron chi connectivity index (χ0n) is 19.6. The van der Waals surface area contributed by atoms with E-state index in [0.29, 0.717) is 0 Å². The van der Waals surface area contributed by atoms with E-state index in [9.17, 15) is 4.79 Å². The summed E-state index contributed by atoms with van der Waals surface area (Å²) in [4.78, 5) is 15.5. The van der Waals surface area contributed by atoms with Gasteiger partial charge in [0.15, 0.2) is 0 Å². The van der Waals surface area contributed by atoms with Crippen molar-refractivity contribution >= 4 is 17.1 Å². The van der Waals surface area contributed by atoms with E-state index in [1.807, 2.05) is 30.1 Å². The first-order valence-electron chi connectivity index (χ1n) is 11.6. The van der Waals surface area contributed by atoms with Gasteiger partial charge < -0.3 is 4.90 Å². The van der Waals surface area contributed by atoms with Gasteiger partial charge in [0.25, 0.3) is 0 Å². The molecule has 0 saturated carbocycles. The lowest BCUT2D eigenvalue weighted by Crippen LogP contribution is -2.36. The van der Waals surface area contributed by atoms with Crippen molar-refractivity contribution in [2.24, 2.45) is 5.92 Å². The zero-order valence-corrected chi connectivity index (χ0v) is 19.6. The van der Waals surface area contributed by atoms with Gasteiger partial charge in [-0.15, -0.1) is 0 Å². The summed E-state index contributed by atoms with van der Waals surface area (Å²) < 4.78 is 0. The maximum atomic E-state index is 13.5. The molecule has 1 amide bonds. The molecule has 3 aromatic carbocycles. The van der Waals surface area contributed by atoms with Crippen LogP contribution in [0.2, 0.25) is 0 Å². The highest BCUT2D eigenvalue weighted by atomic mass is 16.2. The SMILES string of the molecule is Cc1ccc(C2=C(c3ccc(C)cc3)CC(C(=O)N(C)C(C)c3ccccc3)CC2)cc1. The lowest BCUT2D eigenvalue weighted by atomic mass is 9.77. The highest BCUT2D eigenvalue weighted by molar-refractivity contribution is 5.94. The van der Waals surface area contributed by atoms with Crippen LogP contribution < -0.4 is 0 Å². The molecule has 2 atom stereocenters. The number of benzene rings is 3. The third-order valence-corrected chi connectivity index (χ3v) is 6.92. The van der Waals surface area contributed by atoms with Crippen LogP contribution >= 0.6 is 0 Å². The van der Waals surface area contributed by atoms with Crippen molar-refractivity contribution < 1.29 is 4.79 Å². The third-order valence-electron chi connectivity index (χ3n) is 6.92. The molecule has 0 bridgehead atoms. The van der Waals surface area contributed by atoms with Crippen molar-refractivity contribution in [2.45, 2.75) is 46.1 Å². The van der Waals surface area contributed by atoms with Crippen molar-refractivity contribution in [3.63, 3.8) is 0 Å². The first kappa shape index (κ1) is 22.1. The molecule has 0 fully saturated rings. The van der Waals surface area contributed by atoms with Gasteiger partial charge in [0, 0.05) is 13.0 Å². The van der Waals surface area contributed by atoms with Gasteiger partial charge in [-0.05, 0) is 67.9 Å². The Morgan fingerprint density at radius 3 is 1.91 bits per heavy atom. The van der Waals surface area contributed by atoms with Crippen molar-refractivity contribution in [3.05, 3.63) is 107 Å². The third kappa shape index (κ3) is 4.70. The summed E-state index contributed by atoms with van der Waals surface area (Å²) in [6, 6.07) is 27.9. The fourth-order valence-electron chi connectivity index (χ4n) is 4.71. The van der Waals surface area contributed by atoms with Crippen LogP contribution in [0.1, 0.15) is 60.0 Å². The molecule has 0 spiro atoms. The van der Waals surface area contributed by atoms with E-state index < -0.39 is 0 Å². The van der Waals surface area contributed by atoms with Crippen molar-refractivity contribution in [3.8, 4) is 0 Å². The predicted octanol–water partition coefficient (Wildman–Crippen LogP) is 7.23. The highest BCUT2D eigenvalue weighted by Crippen LogP contribution is 2.42. The minimum Gasteiger partial charge on any atom is -0.339 e. The van der Waals surface area contributed by atoms with Crippen molar-refractivity contribution in [1.29, 1.82) is 0 Å². The van der Waals surface area contributed by atoms with Crippen LogP contribution in [0, 0.1) is 19.8 Å². The highest BCUT2D eigenvalue weighted by Gasteiger charge is 2.31. The van der Waals surface area contributed by atoms with E-state index in [2.05, 4.69) is 81.4 Å². The Bertz CT molecular complexity index is 1090. The van der Waals surface area contributed by atoms with Crippen molar-refractivity contribution in [1.82, 2.24) is 4.90 Å². The number of hydrogen-bond donors (Lipinski definition) is 0. The van der Waals surface area contributed by atoms with Crippen molar-refractivity contribution in [2.75, 3.05) is 7.05 Å². The zero-order chi connectivity index (χ0) is 22.7. The molecule has 0 aliphatic heterocycles. The summed E-state index contributed by atoms with van der Waals surface area (Å²) in [6.45, 7) is 6.36. The Kier molecular flexibility index (Phi) is 6.60. The lowest BCUT2D eigenvalue weighted by Gasteiger charge is -2.33. The number of nitrogens with zero attached hydrogens (tertiary/aromatic N) is 1. The Morgan fingerprint density at radius 1 is 0.812 bits per heavy atom. The quantitative estimate of drug-likeness (QED) is 0.424. The summed E-state index contributed by atoms with van der Waals surface area (Å²) in [6.07, 6.45) is 2.61. The second kappa shape index (κ2) is 9.56. The molecule has 0 radical (unpaired) electrons. The normalized spacial score (nSPS) is 17.2. The molecule has 32 heavy (non-hydrogen) atoms. The minimum atomic E-state index is 0.0108. The van der Waals surface area contributed by atoms with Gasteiger partial charge in [-0.3, -0.25) is 4.79 Å². The summed E-state index contributed by atoms with van der Waals surface area (Å²) >= 11 is 0. The van der Waals surface area contributed by atoms with Gasteiger partial charge >= 0.3 is 0 Å². The number of hydrogen-bond acceptors (Lipinski definition) is 1. The number of carbonyl (C=O) groups is 1. The van der Waals surface area contributed by atoms with E-state index in [0.717, 1.165) is 19.3 Å². The summed E-state index contributed by atoms with van der Waals surface area (Å²) in [5, 5.41) is 0. The van der Waals surface area contributed by atoms with E-state index in [1.165, 1.54) is 39.0 Å². The van der Waals surface area contributed by atoms with E-state index in [1.54, 1.807) is 0 Å². The maximum absolute atomic E-state index is 13.5. The van der Waals surface area contributed by atoms with Crippen LogP contribution in [0.15, 0.2) is 78.9 Å². The van der Waals surface area contributed by atoms with Gasteiger partial charge in [0.05, 0.1) is 6.04 Å². The Labute approximate surface area is 192 Å². The van der Waals surface area contributed by atoms with E-state index in [4.69, 9.17) is 0 Å². The predicted molar refractivity (Wildman–Crippen MR) is 134 cm³/mol. The Balaban J connectivity index is 1.64. The molecule has 2 heteroatoms. The van der Waals surface area contributed by atoms with Crippen LogP contribution in [0.4, 0.5) is 0 Å². The van der Waals surface area contributed by atoms with Crippen LogP contribution in [0.5, 0.6) is 0 Å². The molecule has 1 aliphatic rings. The number of carbonyl (C=O) groups excluding carboxylic acids is 1. The molecule has 1 aliphatic carbocycles. The average Bonchev–Trinajstić information content (AvgIpc) is 2.84. The average molecular weight is 424 g/mol. The van der Waals surface area contributed by atoms with E-state index in [-0.39, 0.29) is 17.9 Å². The van der Waals surface area contributed by atoms with Gasteiger partial charge in [-0.1, -0.05) is 90.0 Å². The minimum absolute atomic E-state index is 0.0108. The standard InChI is InChI=1S/C30H33NO/c1-21-10-14-25(15-11-21)28-19-18-27(20-29(28)26-16-12-22(2)13-17-26)30(32)31(4)23(3)24-8-6-5-7-9-24/h5-17,23,27H,18-20H2,1-4H3. The Morgan fingerprint density at radius 2 is 1.34 bits per heavy atom. The second-order valence-corrected chi connectivity index (χ2v) is 9.16. The molecule has 0 N–H and O–H groups in total.